The first kappa shape index (κ1) is 16.4. The van der Waals surface area contributed by atoms with Gasteiger partial charge in [-0.2, -0.15) is 5.10 Å². The molecule has 0 atom stereocenters. The summed E-state index contributed by atoms with van der Waals surface area (Å²) in [4.78, 5) is 48.5. The predicted molar refractivity (Wildman–Crippen MR) is 100 cm³/mol. The molecule has 0 bridgehead atoms. The molecule has 0 fully saturated rings. The highest BCUT2D eigenvalue weighted by atomic mass is 16.1. The minimum Gasteiger partial charge on any atom is -0.287 e. The van der Waals surface area contributed by atoms with Crippen LogP contribution in [-0.4, -0.2) is 6.34 Å². The van der Waals surface area contributed by atoms with Crippen LogP contribution in [0, 0.1) is 0 Å². The van der Waals surface area contributed by atoms with E-state index < -0.39 is 21.7 Å². The fourth-order valence-corrected chi connectivity index (χ4v) is 2.87. The van der Waals surface area contributed by atoms with Crippen molar-refractivity contribution in [3.63, 3.8) is 0 Å². The van der Waals surface area contributed by atoms with Crippen molar-refractivity contribution in [1.82, 2.24) is 5.43 Å². The van der Waals surface area contributed by atoms with Gasteiger partial charge >= 0.3 is 0 Å². The molecule has 0 saturated carbocycles. The van der Waals surface area contributed by atoms with Crippen LogP contribution in [0.15, 0.2) is 83.0 Å². The lowest BCUT2D eigenvalue weighted by molar-refractivity contribution is 0.962. The Morgan fingerprint density at radius 3 is 1.48 bits per heavy atom. The highest BCUT2D eigenvalue weighted by Gasteiger charge is 2.10. The summed E-state index contributed by atoms with van der Waals surface area (Å²) >= 11 is 0. The van der Waals surface area contributed by atoms with Crippen molar-refractivity contribution in [2.45, 2.75) is 0 Å². The Morgan fingerprint density at radius 1 is 0.630 bits per heavy atom. The maximum Gasteiger partial charge on any atom is 0.218 e. The van der Waals surface area contributed by atoms with Crippen LogP contribution in [0.1, 0.15) is 0 Å². The third kappa shape index (κ3) is 2.60. The summed E-state index contributed by atoms with van der Waals surface area (Å²) < 4.78 is 0. The highest BCUT2D eigenvalue weighted by molar-refractivity contribution is 5.83. The van der Waals surface area contributed by atoms with Crippen LogP contribution in [-0.2, 0) is 0 Å². The lowest BCUT2D eigenvalue weighted by Crippen LogP contribution is -2.34. The molecule has 130 valence electrons. The molecule has 4 aromatic carbocycles. The summed E-state index contributed by atoms with van der Waals surface area (Å²) in [5.41, 5.74) is 0.341. The minimum atomic E-state index is -0.504. The van der Waals surface area contributed by atoms with Crippen LogP contribution in [0.5, 0.6) is 0 Å². The number of nitrogens with one attached hydrogen (secondary N) is 1. The van der Waals surface area contributed by atoms with Crippen molar-refractivity contribution in [1.29, 1.82) is 0 Å². The van der Waals surface area contributed by atoms with Crippen molar-refractivity contribution in [2.75, 3.05) is 0 Å². The van der Waals surface area contributed by atoms with Crippen molar-refractivity contribution in [3.05, 3.63) is 100 Å². The van der Waals surface area contributed by atoms with Crippen molar-refractivity contribution in [2.24, 2.45) is 15.3 Å². The van der Waals surface area contributed by atoms with Gasteiger partial charge in [0.05, 0.1) is 0 Å². The molecule has 0 heterocycles. The normalized spacial score (nSPS) is 11.4. The quantitative estimate of drug-likeness (QED) is 0.290. The lowest BCUT2D eigenvalue weighted by atomic mass is 10.2. The summed E-state index contributed by atoms with van der Waals surface area (Å²) in [7, 11) is 0. The van der Waals surface area contributed by atoms with Crippen molar-refractivity contribution < 1.29 is 0 Å². The van der Waals surface area contributed by atoms with E-state index in [1.807, 2.05) is 0 Å². The second-order valence-corrected chi connectivity index (χ2v) is 5.69. The zero-order valence-corrected chi connectivity index (χ0v) is 13.7. The van der Waals surface area contributed by atoms with Crippen molar-refractivity contribution >= 4 is 27.9 Å². The van der Waals surface area contributed by atoms with Gasteiger partial charge in [-0.05, 0) is 0 Å². The molecule has 0 spiro atoms. The van der Waals surface area contributed by atoms with Crippen LogP contribution in [0.4, 0.5) is 0 Å². The van der Waals surface area contributed by atoms with Gasteiger partial charge in [-0.25, -0.2) is 0 Å². The maximum absolute atomic E-state index is 12.1. The van der Waals surface area contributed by atoms with E-state index in [0.717, 1.165) is 6.34 Å². The van der Waals surface area contributed by atoms with Crippen LogP contribution in [0.2, 0.25) is 0 Å². The summed E-state index contributed by atoms with van der Waals surface area (Å²) in [6.45, 7) is 0. The number of fused-ring (bicyclic) bond motifs is 2. The van der Waals surface area contributed by atoms with Crippen LogP contribution < -0.4 is 37.9 Å². The molecule has 27 heavy (non-hydrogen) atoms. The minimum absolute atomic E-state index is 0.268. The Kier molecular flexibility index (Phi) is 3.85. The second kappa shape index (κ2) is 6.34. The molecule has 4 aromatic rings. The molecule has 1 N–H and O–H groups in total. The van der Waals surface area contributed by atoms with E-state index in [-0.39, 0.29) is 21.5 Å². The largest absolute Gasteiger partial charge is 0.287 e. The molecule has 4 rings (SSSR count). The molecule has 0 aromatic heterocycles. The molecular weight excluding hydrogens is 348 g/mol. The number of hydrogen-bond acceptors (Lipinski definition) is 7. The van der Waals surface area contributed by atoms with E-state index in [0.29, 0.717) is 10.8 Å². The Hall–Kier alpha value is -4.07. The van der Waals surface area contributed by atoms with Gasteiger partial charge in [0.1, 0.15) is 6.34 Å². The summed E-state index contributed by atoms with van der Waals surface area (Å²) in [5.74, 6) is 0. The Morgan fingerprint density at radius 2 is 1.04 bits per heavy atom. The highest BCUT2D eigenvalue weighted by Crippen LogP contribution is 2.02. The second-order valence-electron chi connectivity index (χ2n) is 5.69. The SMILES string of the molecule is O=c1c(=N/N=C/NN=c2c(=O)c3ccccc3c2=O)c(=O)c2ccccc12. The van der Waals surface area contributed by atoms with Crippen LogP contribution >= 0.6 is 0 Å². The number of nitrogens with zero attached hydrogens (tertiary/aromatic N) is 3. The smallest absolute Gasteiger partial charge is 0.218 e. The zero-order chi connectivity index (χ0) is 19.0. The van der Waals surface area contributed by atoms with Gasteiger partial charge in [-0.3, -0.25) is 24.6 Å². The van der Waals surface area contributed by atoms with Crippen molar-refractivity contribution in [3.8, 4) is 0 Å². The Balaban J connectivity index is 1.69. The summed E-state index contributed by atoms with van der Waals surface area (Å²) in [5, 5.41) is 11.5. The maximum atomic E-state index is 12.1. The molecule has 0 amide bonds. The Bertz CT molecular complexity index is 1430. The van der Waals surface area contributed by atoms with E-state index in [9.17, 15) is 19.2 Å². The van der Waals surface area contributed by atoms with Gasteiger partial charge in [0.15, 0.2) is 10.7 Å². The molecular formula is C19H10N4O4. The van der Waals surface area contributed by atoms with Gasteiger partial charge < -0.3 is 0 Å². The van der Waals surface area contributed by atoms with Crippen LogP contribution in [0.3, 0.4) is 0 Å². The van der Waals surface area contributed by atoms with Gasteiger partial charge in [0.2, 0.25) is 21.7 Å². The first-order chi connectivity index (χ1) is 13.1. The number of benzene rings is 2. The van der Waals surface area contributed by atoms with E-state index in [4.69, 9.17) is 0 Å². The molecule has 0 saturated heterocycles. The van der Waals surface area contributed by atoms with Gasteiger partial charge in [0.25, 0.3) is 0 Å². The van der Waals surface area contributed by atoms with Crippen LogP contribution in [0.25, 0.3) is 21.5 Å². The average Bonchev–Trinajstić information content (AvgIpc) is 3.08. The molecule has 0 aliphatic rings. The fraction of sp³-hybridized carbons (Fsp3) is 0. The molecule has 0 unspecified atom stereocenters. The lowest BCUT2D eigenvalue weighted by Gasteiger charge is -1.83. The Labute approximate surface area is 149 Å². The number of rotatable bonds is 3. The van der Waals surface area contributed by atoms with E-state index in [1.165, 1.54) is 0 Å². The molecule has 8 nitrogen and oxygen atoms in total. The average molecular weight is 358 g/mol. The third-order valence-corrected chi connectivity index (χ3v) is 4.14. The predicted octanol–water partition coefficient (Wildman–Crippen LogP) is -0.865. The zero-order valence-electron chi connectivity index (χ0n) is 13.7. The van der Waals surface area contributed by atoms with Gasteiger partial charge in [0, 0.05) is 21.5 Å². The molecule has 0 aliphatic heterocycles. The topological polar surface area (TPSA) is 117 Å². The standard InChI is InChI=1S/C19H10N4O4/c24-16-10-5-1-2-6-11(10)17(25)14(16)22-20-9-21-23-15-18(26)12-7-3-4-8-13(12)19(15)27/h1-9H,(H,20,21). The third-order valence-electron chi connectivity index (χ3n) is 4.14. The summed E-state index contributed by atoms with van der Waals surface area (Å²) in [6.07, 6.45) is 0.979. The van der Waals surface area contributed by atoms with Gasteiger partial charge in [-0.1, -0.05) is 48.5 Å². The monoisotopic (exact) mass is 358 g/mol. The van der Waals surface area contributed by atoms with Gasteiger partial charge in [-0.15, -0.1) is 10.2 Å². The molecule has 0 radical (unpaired) electrons. The number of hydrogen-bond donors (Lipinski definition) is 1. The molecule has 8 heteroatoms. The fourth-order valence-electron chi connectivity index (χ4n) is 2.87. The first-order valence-electron chi connectivity index (χ1n) is 7.89. The first-order valence-corrected chi connectivity index (χ1v) is 7.89. The molecule has 0 aliphatic carbocycles. The summed E-state index contributed by atoms with van der Waals surface area (Å²) in [6, 6.07) is 12.8. The van der Waals surface area contributed by atoms with E-state index >= 15 is 0 Å². The van der Waals surface area contributed by atoms with E-state index in [1.54, 1.807) is 48.5 Å². The van der Waals surface area contributed by atoms with E-state index in [2.05, 4.69) is 20.7 Å².